The number of nitrogens with zero attached hydrogens (tertiary/aromatic N) is 1. The van der Waals surface area contributed by atoms with Crippen molar-refractivity contribution in [3.63, 3.8) is 0 Å². The first kappa shape index (κ1) is 34.4. The highest BCUT2D eigenvalue weighted by molar-refractivity contribution is 6.03. The molecular formula is C34H49NO6. The molecule has 226 valence electrons. The van der Waals surface area contributed by atoms with Crippen LogP contribution in [0.3, 0.4) is 0 Å². The van der Waals surface area contributed by atoms with Crippen molar-refractivity contribution < 1.29 is 30.3 Å². The number of allylic oxidation sites excluding steroid dienone is 6. The average Bonchev–Trinajstić information content (AvgIpc) is 3.09. The maximum absolute atomic E-state index is 12.4. The van der Waals surface area contributed by atoms with E-state index in [9.17, 15) is 30.3 Å². The zero-order chi connectivity index (χ0) is 30.6. The van der Waals surface area contributed by atoms with Gasteiger partial charge in [-0.25, -0.2) is 0 Å². The molecule has 1 aliphatic rings. The Kier molecular flexibility index (Phi) is 13.9. The maximum Gasteiger partial charge on any atom is 0.212 e. The van der Waals surface area contributed by atoms with Gasteiger partial charge >= 0.3 is 0 Å². The number of aliphatic hydroxyl groups excluding tert-OH is 4. The summed E-state index contributed by atoms with van der Waals surface area (Å²) >= 11 is 0. The normalized spacial score (nSPS) is 22.3. The van der Waals surface area contributed by atoms with Crippen molar-refractivity contribution in [1.82, 2.24) is 4.90 Å². The largest absolute Gasteiger partial charge is 0.395 e. The van der Waals surface area contributed by atoms with Crippen molar-refractivity contribution >= 4 is 5.78 Å². The molecule has 5 N–H and O–H groups in total. The molecule has 41 heavy (non-hydrogen) atoms. The van der Waals surface area contributed by atoms with Gasteiger partial charge in [-0.3, -0.25) is 4.79 Å². The van der Waals surface area contributed by atoms with Crippen molar-refractivity contribution in [3.8, 4) is 0 Å². The molecule has 2 rings (SSSR count). The van der Waals surface area contributed by atoms with Crippen LogP contribution in [0.25, 0.3) is 0 Å². The van der Waals surface area contributed by atoms with Crippen LogP contribution in [0.1, 0.15) is 59.4 Å². The smallest absolute Gasteiger partial charge is 0.212 e. The van der Waals surface area contributed by atoms with E-state index < -0.39 is 29.8 Å². The Labute approximate surface area is 245 Å². The molecule has 0 spiro atoms. The maximum atomic E-state index is 12.4. The molecule has 0 saturated carbocycles. The van der Waals surface area contributed by atoms with Crippen LogP contribution in [-0.4, -0.2) is 73.4 Å². The van der Waals surface area contributed by atoms with Crippen LogP contribution in [0.2, 0.25) is 0 Å². The number of rotatable bonds is 16. The van der Waals surface area contributed by atoms with E-state index >= 15 is 0 Å². The van der Waals surface area contributed by atoms with Gasteiger partial charge in [0, 0.05) is 36.6 Å². The van der Waals surface area contributed by atoms with Gasteiger partial charge in [-0.1, -0.05) is 92.3 Å². The van der Waals surface area contributed by atoms with Crippen LogP contribution in [0.5, 0.6) is 0 Å². The van der Waals surface area contributed by atoms with Gasteiger partial charge in [0.15, 0.2) is 5.72 Å². The molecular weight excluding hydrogens is 518 g/mol. The van der Waals surface area contributed by atoms with Crippen molar-refractivity contribution in [2.75, 3.05) is 13.2 Å². The van der Waals surface area contributed by atoms with Gasteiger partial charge in [0.1, 0.15) is 0 Å². The predicted octanol–water partition coefficient (Wildman–Crippen LogP) is 4.23. The highest BCUT2D eigenvalue weighted by Gasteiger charge is 2.46. The predicted molar refractivity (Wildman–Crippen MR) is 164 cm³/mol. The van der Waals surface area contributed by atoms with E-state index in [1.165, 1.54) is 17.4 Å². The summed E-state index contributed by atoms with van der Waals surface area (Å²) in [4.78, 5) is 13.8. The minimum Gasteiger partial charge on any atom is -0.395 e. The molecule has 7 nitrogen and oxygen atoms in total. The molecule has 1 aliphatic heterocycles. The van der Waals surface area contributed by atoms with Gasteiger partial charge in [-0.05, 0) is 45.1 Å². The molecule has 6 atom stereocenters. The van der Waals surface area contributed by atoms with Crippen LogP contribution < -0.4 is 0 Å². The van der Waals surface area contributed by atoms with Gasteiger partial charge in [-0.2, -0.15) is 0 Å². The lowest BCUT2D eigenvalue weighted by Gasteiger charge is -2.33. The first-order valence-electron chi connectivity index (χ1n) is 14.5. The van der Waals surface area contributed by atoms with Gasteiger partial charge in [-0.15, -0.1) is 0 Å². The van der Waals surface area contributed by atoms with Crippen LogP contribution in [-0.2, 0) is 11.2 Å². The van der Waals surface area contributed by atoms with E-state index in [-0.39, 0.29) is 37.8 Å². The van der Waals surface area contributed by atoms with Gasteiger partial charge in [0.05, 0.1) is 24.9 Å². The van der Waals surface area contributed by atoms with Crippen molar-refractivity contribution in [1.29, 1.82) is 0 Å². The number of carbonyl (C=O) groups is 1. The Balaban J connectivity index is 1.80. The number of β-amino-alcohol motifs (C(OH)–C–C–N with tert-alkyl or cyclic N) is 1. The number of hydrogen-bond donors (Lipinski definition) is 5. The molecule has 0 aliphatic carbocycles. The third-order valence-corrected chi connectivity index (χ3v) is 7.75. The number of aryl methyl sites for hydroxylation is 1. The molecule has 1 aromatic carbocycles. The van der Waals surface area contributed by atoms with Gasteiger partial charge in [0.2, 0.25) is 5.78 Å². The minimum absolute atomic E-state index is 0.0269. The number of Topliss-reactive ketones (excluding diaryl/α,β-unsaturated/α-hetero) is 1. The highest BCUT2D eigenvalue weighted by Crippen LogP contribution is 2.34. The Morgan fingerprint density at radius 3 is 2.39 bits per heavy atom. The summed E-state index contributed by atoms with van der Waals surface area (Å²) in [6.07, 6.45) is 12.7. The van der Waals surface area contributed by atoms with Gasteiger partial charge < -0.3 is 30.4 Å². The lowest BCUT2D eigenvalue weighted by molar-refractivity contribution is -0.144. The molecule has 7 heteroatoms. The Morgan fingerprint density at radius 1 is 1.05 bits per heavy atom. The van der Waals surface area contributed by atoms with E-state index in [2.05, 4.69) is 19.1 Å². The number of ketones is 1. The summed E-state index contributed by atoms with van der Waals surface area (Å²) in [5.41, 5.74) is 1.38. The summed E-state index contributed by atoms with van der Waals surface area (Å²) in [5, 5.41) is 51.4. The number of benzene rings is 1. The van der Waals surface area contributed by atoms with Crippen LogP contribution in [0, 0.1) is 11.8 Å². The molecule has 0 bridgehead atoms. The SMILES string of the molecule is CC1=C(CC(O)CC(O)\C=C/C=C/C(C)=C/C=C/C(C)C(O)C(C)CCc2ccccc2)N(CCO)C(C)(O)C1=O. The minimum atomic E-state index is -1.75. The quantitative estimate of drug-likeness (QED) is 0.190. The fraction of sp³-hybridized carbons (Fsp3) is 0.500. The van der Waals surface area contributed by atoms with Crippen LogP contribution in [0.4, 0.5) is 0 Å². The fourth-order valence-corrected chi connectivity index (χ4v) is 5.13. The first-order valence-corrected chi connectivity index (χ1v) is 14.5. The Hall–Kier alpha value is -2.81. The summed E-state index contributed by atoms with van der Waals surface area (Å²) < 4.78 is 0. The Morgan fingerprint density at radius 2 is 1.73 bits per heavy atom. The third kappa shape index (κ3) is 10.5. The van der Waals surface area contributed by atoms with E-state index in [0.717, 1.165) is 18.4 Å². The van der Waals surface area contributed by atoms with E-state index in [1.807, 2.05) is 62.4 Å². The van der Waals surface area contributed by atoms with Crippen LogP contribution >= 0.6 is 0 Å². The number of carbonyl (C=O) groups excluding carboxylic acids is 1. The molecule has 1 heterocycles. The zero-order valence-electron chi connectivity index (χ0n) is 25.1. The van der Waals surface area contributed by atoms with Crippen molar-refractivity contribution in [2.24, 2.45) is 11.8 Å². The van der Waals surface area contributed by atoms with Crippen LogP contribution in [0.15, 0.2) is 89.7 Å². The summed E-state index contributed by atoms with van der Waals surface area (Å²) in [6, 6.07) is 10.3. The lowest BCUT2D eigenvalue weighted by atomic mass is 9.88. The Bertz CT molecular complexity index is 1120. The van der Waals surface area contributed by atoms with E-state index in [4.69, 9.17) is 0 Å². The molecule has 6 unspecified atom stereocenters. The fourth-order valence-electron chi connectivity index (χ4n) is 5.13. The summed E-state index contributed by atoms with van der Waals surface area (Å²) in [6.45, 7) is 8.87. The third-order valence-electron chi connectivity index (χ3n) is 7.75. The van der Waals surface area contributed by atoms with Gasteiger partial charge in [0.25, 0.3) is 0 Å². The topological polar surface area (TPSA) is 121 Å². The molecule has 1 aromatic rings. The highest BCUT2D eigenvalue weighted by atomic mass is 16.3. The van der Waals surface area contributed by atoms with Crippen molar-refractivity contribution in [3.05, 3.63) is 95.3 Å². The molecule has 0 amide bonds. The van der Waals surface area contributed by atoms with E-state index in [0.29, 0.717) is 11.3 Å². The standard InChI is InChI=1S/C34H49NO6/c1-24(13-11-14-25(2)32(39)26(3)18-19-28-15-7-6-8-16-28)12-9-10-17-29(37)22-30(38)23-31-27(4)33(40)34(5,41)35(31)20-21-36/h6-17,25-26,29-30,32,36-39,41H,18-23H2,1-5H3/b12-9+,14-11+,17-10-,24-13+. The molecule has 0 aromatic heterocycles. The summed E-state index contributed by atoms with van der Waals surface area (Å²) in [5.74, 6) is -0.235. The number of hydrogen-bond acceptors (Lipinski definition) is 7. The number of aliphatic hydroxyl groups is 5. The monoisotopic (exact) mass is 567 g/mol. The molecule has 0 fully saturated rings. The van der Waals surface area contributed by atoms with Crippen molar-refractivity contribution in [2.45, 2.75) is 84.3 Å². The van der Waals surface area contributed by atoms with E-state index in [1.54, 1.807) is 19.1 Å². The second kappa shape index (κ2) is 16.6. The first-order chi connectivity index (χ1) is 19.4. The summed E-state index contributed by atoms with van der Waals surface area (Å²) in [7, 11) is 0. The second-order valence-electron chi connectivity index (χ2n) is 11.3. The average molecular weight is 568 g/mol. The zero-order valence-corrected chi connectivity index (χ0v) is 25.1. The lowest BCUT2D eigenvalue weighted by Crippen LogP contribution is -2.48. The second-order valence-corrected chi connectivity index (χ2v) is 11.3. The molecule has 0 saturated heterocycles. The molecule has 0 radical (unpaired) electrons.